The summed E-state index contributed by atoms with van der Waals surface area (Å²) >= 11 is 0. The Bertz CT molecular complexity index is 4020. The molecule has 0 heterocycles. The number of fused-ring (bicyclic) bond motifs is 4. The number of rotatable bonds is 4. The second-order valence-corrected chi connectivity index (χ2v) is 9.87. The summed E-state index contributed by atoms with van der Waals surface area (Å²) < 4.78 is 251. The SMILES string of the molecule is [2H]c1c([2H])c([2H])c(-c2c([2H])c([2H])c(-c3c4c([2H])c([2H])c([2H])c([2H])c4c(-c4c([2H])c([2H])c(-c5c([2H])c([2H])c6c([2H])c([2H])c([2H])c([2H])c6c5[2H])c([2H])c4[2H])c4c([2H])c([2H])c([2H])c([2H])c34)c3c([2H])ccc([2H])c23)c([2H])c1[2H]. The van der Waals surface area contributed by atoms with Crippen LogP contribution in [0.5, 0.6) is 0 Å². The van der Waals surface area contributed by atoms with E-state index in [1.165, 1.54) is 0 Å². The van der Waals surface area contributed by atoms with Crippen LogP contribution in [0, 0.1) is 0 Å². The van der Waals surface area contributed by atoms with E-state index in [1.807, 2.05) is 0 Å². The van der Waals surface area contributed by atoms with Crippen molar-refractivity contribution in [2.75, 3.05) is 0 Å². The van der Waals surface area contributed by atoms with Crippen LogP contribution in [0.4, 0.5) is 0 Å². The largest absolute Gasteiger partial charge is 0.0636 e. The van der Waals surface area contributed by atoms with Gasteiger partial charge in [0.05, 0.1) is 38.4 Å². The quantitative estimate of drug-likeness (QED) is 0.174. The van der Waals surface area contributed by atoms with Gasteiger partial charge in [0.25, 0.3) is 0 Å². The molecule has 0 aliphatic rings. The zero-order chi connectivity index (χ0) is 54.8. The highest BCUT2D eigenvalue weighted by Gasteiger charge is 2.19. The second kappa shape index (κ2) is 10.9. The molecule has 0 bridgehead atoms. The molecule has 0 amide bonds. The Balaban J connectivity index is 1.55. The molecular weight excluding hydrogens is 553 g/mol. The van der Waals surface area contributed by atoms with Gasteiger partial charge >= 0.3 is 0 Å². The van der Waals surface area contributed by atoms with E-state index < -0.39 is 257 Å². The molecule has 9 aromatic rings. The van der Waals surface area contributed by atoms with E-state index in [4.69, 9.17) is 23.3 Å². The van der Waals surface area contributed by atoms with Gasteiger partial charge in [-0.1, -0.05) is 175 Å². The van der Waals surface area contributed by atoms with Crippen LogP contribution in [0.25, 0.3) is 87.6 Å². The Hall–Kier alpha value is -5.98. The molecule has 9 rings (SSSR count). The molecule has 0 N–H and O–H groups in total. The maximum Gasteiger partial charge on any atom is 0.0636 e. The van der Waals surface area contributed by atoms with Gasteiger partial charge in [-0.25, -0.2) is 0 Å². The fourth-order valence-electron chi connectivity index (χ4n) is 5.38. The number of hydrogen-bond donors (Lipinski definition) is 0. The number of hydrogen-bond acceptors (Lipinski definition) is 0. The molecule has 0 fully saturated rings. The lowest BCUT2D eigenvalue weighted by Crippen LogP contribution is -1.92. The average molecular weight is 611 g/mol. The van der Waals surface area contributed by atoms with Crippen LogP contribution in [0.1, 0.15) is 38.4 Å². The van der Waals surface area contributed by atoms with Crippen molar-refractivity contribution in [3.8, 4) is 44.5 Å². The van der Waals surface area contributed by atoms with E-state index in [-0.39, 0.29) is 0 Å². The van der Waals surface area contributed by atoms with E-state index in [1.54, 1.807) is 0 Å². The molecule has 0 spiro atoms. The van der Waals surface area contributed by atoms with Crippen LogP contribution in [0.2, 0.25) is 0 Å². The standard InChI is InChI=1S/C46H30/c1-2-13-33(14-3-1)37-28-29-44(39-17-7-6-16-38(37)39)46-42-20-10-8-18-40(42)45(41-19-9-11-21-43(41)46)34-25-22-32(23-26-34)36-27-24-31-12-4-5-15-35(31)30-36/h1-30H/i1D,2D,3D,4D,5D,8D,9D,10D,11D,12D,13D,14D,15D,16D,17D,18D,19D,20D,21D,22D,23D,24D,25D,26D,27D,28D,29D,30D. The first kappa shape index (κ1) is 10.5. The summed E-state index contributed by atoms with van der Waals surface area (Å²) in [7, 11) is 0. The van der Waals surface area contributed by atoms with Crippen molar-refractivity contribution in [1.29, 1.82) is 0 Å². The van der Waals surface area contributed by atoms with Crippen molar-refractivity contribution < 1.29 is 38.4 Å². The molecule has 0 nitrogen and oxygen atoms in total. The third-order valence-electron chi connectivity index (χ3n) is 7.35. The summed E-state index contributed by atoms with van der Waals surface area (Å²) in [6, 6.07) is -23.2. The maximum atomic E-state index is 9.68. The zero-order valence-corrected chi connectivity index (χ0v) is 23.2. The zero-order valence-electron chi connectivity index (χ0n) is 51.2. The Morgan fingerprint density at radius 1 is 0.283 bits per heavy atom. The minimum absolute atomic E-state index is 0.475. The average Bonchev–Trinajstić information content (AvgIpc) is 3.36. The van der Waals surface area contributed by atoms with Crippen molar-refractivity contribution >= 4 is 43.1 Å². The van der Waals surface area contributed by atoms with E-state index in [2.05, 4.69) is 0 Å². The molecule has 0 unspecified atom stereocenters. The summed E-state index contributed by atoms with van der Waals surface area (Å²) in [6.07, 6.45) is 0. The maximum absolute atomic E-state index is 9.68. The predicted octanol–water partition coefficient (Wildman–Crippen LogP) is 13.0. The summed E-state index contributed by atoms with van der Waals surface area (Å²) in [5, 5.41) is -5.01. The minimum atomic E-state index is -1.09. The molecule has 0 aromatic heterocycles. The van der Waals surface area contributed by atoms with Gasteiger partial charge < -0.3 is 0 Å². The van der Waals surface area contributed by atoms with Crippen molar-refractivity contribution in [1.82, 2.24) is 0 Å². The molecule has 46 heavy (non-hydrogen) atoms. The predicted molar refractivity (Wildman–Crippen MR) is 198 cm³/mol. The molecule has 0 saturated heterocycles. The highest BCUT2D eigenvalue weighted by Crippen LogP contribution is 2.46. The van der Waals surface area contributed by atoms with E-state index >= 15 is 0 Å². The van der Waals surface area contributed by atoms with Crippen LogP contribution in [-0.4, -0.2) is 0 Å². The molecule has 0 radical (unpaired) electrons. The first-order valence-corrected chi connectivity index (χ1v) is 13.7. The fourth-order valence-corrected chi connectivity index (χ4v) is 5.38. The Labute approximate surface area is 308 Å². The molecule has 214 valence electrons. The first-order valence-electron chi connectivity index (χ1n) is 27.7. The summed E-state index contributed by atoms with van der Waals surface area (Å²) in [4.78, 5) is 0. The molecule has 0 atom stereocenters. The highest BCUT2D eigenvalue weighted by molar-refractivity contribution is 6.24. The topological polar surface area (TPSA) is 0 Å². The Morgan fingerprint density at radius 3 is 1.46 bits per heavy atom. The van der Waals surface area contributed by atoms with Crippen molar-refractivity contribution in [3.63, 3.8) is 0 Å². The number of benzene rings is 9. The lowest BCUT2D eigenvalue weighted by atomic mass is 9.83. The molecule has 0 aliphatic carbocycles. The summed E-state index contributed by atoms with van der Waals surface area (Å²) in [5.41, 5.74) is -5.76. The van der Waals surface area contributed by atoms with Gasteiger partial charge in [0.2, 0.25) is 0 Å². The smallest absolute Gasteiger partial charge is 0.0622 e. The molecule has 0 saturated carbocycles. The van der Waals surface area contributed by atoms with Crippen LogP contribution in [-0.2, 0) is 0 Å². The van der Waals surface area contributed by atoms with Gasteiger partial charge in [-0.2, -0.15) is 0 Å². The van der Waals surface area contributed by atoms with Crippen molar-refractivity contribution in [2.24, 2.45) is 0 Å². The van der Waals surface area contributed by atoms with E-state index in [9.17, 15) is 15.1 Å². The molecular formula is C46H30. The lowest BCUT2D eigenvalue weighted by molar-refractivity contribution is 1.62. The first-order chi connectivity index (χ1) is 34.5. The fraction of sp³-hybridized carbons (Fsp3) is 0. The normalized spacial score (nSPS) is 20.0. The lowest BCUT2D eigenvalue weighted by Gasteiger charge is -2.20. The van der Waals surface area contributed by atoms with Gasteiger partial charge in [-0.3, -0.25) is 0 Å². The van der Waals surface area contributed by atoms with Crippen LogP contribution < -0.4 is 0 Å². The molecule has 0 aliphatic heterocycles. The summed E-state index contributed by atoms with van der Waals surface area (Å²) in [6.45, 7) is 0. The Morgan fingerprint density at radius 2 is 0.783 bits per heavy atom. The third kappa shape index (κ3) is 4.30. The second-order valence-electron chi connectivity index (χ2n) is 9.87. The molecule has 9 aromatic carbocycles. The van der Waals surface area contributed by atoms with Gasteiger partial charge in [-0.15, -0.1) is 0 Å². The van der Waals surface area contributed by atoms with Gasteiger partial charge in [0.1, 0.15) is 0 Å². The highest BCUT2D eigenvalue weighted by atomic mass is 14.2. The van der Waals surface area contributed by atoms with Gasteiger partial charge in [0, 0.05) is 0 Å². The Kier molecular flexibility index (Phi) is 2.49. The summed E-state index contributed by atoms with van der Waals surface area (Å²) in [5.74, 6) is 0. The van der Waals surface area contributed by atoms with Crippen molar-refractivity contribution in [3.05, 3.63) is 181 Å². The van der Waals surface area contributed by atoms with Gasteiger partial charge in [0.15, 0.2) is 0 Å². The van der Waals surface area contributed by atoms with E-state index in [0.717, 1.165) is 12.1 Å². The van der Waals surface area contributed by atoms with Crippen LogP contribution >= 0.6 is 0 Å². The van der Waals surface area contributed by atoms with Gasteiger partial charge in [-0.05, 0) is 93.6 Å². The third-order valence-corrected chi connectivity index (χ3v) is 7.35. The van der Waals surface area contributed by atoms with Crippen LogP contribution in [0.15, 0.2) is 181 Å². The van der Waals surface area contributed by atoms with E-state index in [0.29, 0.717) is 0 Å². The monoisotopic (exact) mass is 610 g/mol. The molecule has 0 heteroatoms. The van der Waals surface area contributed by atoms with Crippen molar-refractivity contribution in [2.45, 2.75) is 0 Å². The van der Waals surface area contributed by atoms with Crippen LogP contribution in [0.3, 0.4) is 0 Å². The minimum Gasteiger partial charge on any atom is -0.0622 e.